The summed E-state index contributed by atoms with van der Waals surface area (Å²) in [6.07, 6.45) is -18.9. The van der Waals surface area contributed by atoms with Crippen molar-refractivity contribution in [1.82, 2.24) is 0 Å². The molecular formula is C48H78O19. The molecule has 3 aliphatic heterocycles. The lowest BCUT2D eigenvalue weighted by Gasteiger charge is -2.71. The number of hydrogen-bond acceptors (Lipinski definition) is 19. The number of allylic oxidation sites excluding steroid dienone is 2. The highest BCUT2D eigenvalue weighted by Crippen LogP contribution is 2.76. The second-order valence-corrected chi connectivity index (χ2v) is 22.9. The number of aliphatic hydroxyl groups is 12. The molecule has 12 N–H and O–H groups in total. The van der Waals surface area contributed by atoms with Crippen LogP contribution in [0.2, 0.25) is 0 Å². The van der Waals surface area contributed by atoms with Gasteiger partial charge in [0.05, 0.1) is 43.5 Å². The van der Waals surface area contributed by atoms with Crippen LogP contribution in [0.1, 0.15) is 99.8 Å². The van der Waals surface area contributed by atoms with Crippen molar-refractivity contribution >= 4 is 5.97 Å². The molecule has 0 aromatic carbocycles. The van der Waals surface area contributed by atoms with E-state index in [9.17, 15) is 61.3 Å². The summed E-state index contributed by atoms with van der Waals surface area (Å²) in [6.45, 7) is 13.0. The fourth-order valence-electron chi connectivity index (χ4n) is 15.2. The monoisotopic (exact) mass is 959 g/mol. The van der Waals surface area contributed by atoms with Gasteiger partial charge >= 0.3 is 5.97 Å². The van der Waals surface area contributed by atoms with Gasteiger partial charge < -0.3 is 89.7 Å². The summed E-state index contributed by atoms with van der Waals surface area (Å²) < 4.78 is 34.7. The minimum atomic E-state index is -1.86. The van der Waals surface area contributed by atoms with Gasteiger partial charge in [-0.1, -0.05) is 53.2 Å². The Morgan fingerprint density at radius 3 is 2.01 bits per heavy atom. The smallest absolute Gasteiger partial charge is 0.315 e. The van der Waals surface area contributed by atoms with E-state index in [0.717, 1.165) is 19.3 Å². The molecule has 4 saturated carbocycles. The molecule has 0 unspecified atom stereocenters. The van der Waals surface area contributed by atoms with E-state index in [-0.39, 0.29) is 52.4 Å². The number of carbonyl (C=O) groups excluding carboxylic acids is 1. The molecule has 5 aliphatic carbocycles. The van der Waals surface area contributed by atoms with Crippen molar-refractivity contribution in [2.45, 2.75) is 204 Å². The number of ether oxygens (including phenoxy) is 6. The van der Waals surface area contributed by atoms with E-state index in [1.807, 2.05) is 6.92 Å². The van der Waals surface area contributed by atoms with Crippen molar-refractivity contribution in [1.29, 1.82) is 0 Å². The van der Waals surface area contributed by atoms with E-state index < -0.39 is 134 Å². The molecule has 19 heteroatoms. The van der Waals surface area contributed by atoms with Crippen LogP contribution in [0.3, 0.4) is 0 Å². The minimum Gasteiger partial charge on any atom is -0.432 e. The van der Waals surface area contributed by atoms with E-state index in [0.29, 0.717) is 32.1 Å². The molecule has 0 amide bonds. The SMILES string of the molecule is C[C@@H]1[C@H](C)CC[C@]2(C(=O)O[C@@H]3O[C@@H](CO[C@@H]4O[C@@H](CO)[C@@H](O[C@@H]5O[C@@H](C)[C@@H](O)[C@@H](O)[C@H]5O)[C@@H](O)[C@H]4O)[C@@H](O)[C@@H](O)[C@H]3O)CC[C@]3(C)C(=CC[C@H]4[C@@]5(C)C[C@@H](O)[C@@H](O)[C@](C)(CO)[C@@H]5CC[C@@]43C)[C@H]12. The fraction of sp³-hybridized carbons (Fsp3) is 0.938. The van der Waals surface area contributed by atoms with Gasteiger partial charge in [-0.3, -0.25) is 4.79 Å². The lowest BCUT2D eigenvalue weighted by atomic mass is 9.33. The predicted octanol–water partition coefficient (Wildman–Crippen LogP) is -1.03. The van der Waals surface area contributed by atoms with Crippen molar-refractivity contribution in [3.8, 4) is 0 Å². The standard InChI is InChI=1S/C48H78O19/c1-20-10-13-48(15-14-46(6)23(29(48)21(20)2)8-9-28-44(4)16-24(51)39(60)45(5,19-50)27(44)11-12-47(28,46)7)43(61)67-42-36(58)33(55)31(53)26(65-42)18-62-40-37(59)34(56)38(25(17-49)64-40)66-41-35(57)32(54)30(52)22(3)63-41/h8,20-22,24-42,49-60H,9-19H2,1-7H3/t20-,21-,22+,24-,25+,26+,27-,28+,29+,30-,31-,32-,33-,34+,35-,36-,37-,38-,39-,40-,41+,42+,44+,45-,46-,47+,48+/m1/s1. The Balaban J connectivity index is 0.985. The number of fused-ring (bicyclic) bond motifs is 7. The lowest BCUT2D eigenvalue weighted by Crippen LogP contribution is -2.68. The first kappa shape index (κ1) is 51.9. The van der Waals surface area contributed by atoms with Gasteiger partial charge in [-0.15, -0.1) is 0 Å². The Labute approximate surface area is 392 Å². The third-order valence-electron chi connectivity index (χ3n) is 19.7. The largest absolute Gasteiger partial charge is 0.432 e. The number of aliphatic hydroxyl groups excluding tert-OH is 12. The molecule has 3 saturated heterocycles. The summed E-state index contributed by atoms with van der Waals surface area (Å²) in [6, 6.07) is 0. The van der Waals surface area contributed by atoms with Gasteiger partial charge in [-0.25, -0.2) is 0 Å². The van der Waals surface area contributed by atoms with Crippen LogP contribution in [-0.4, -0.2) is 191 Å². The Kier molecular flexibility index (Phi) is 14.4. The average molecular weight is 959 g/mol. The maximum Gasteiger partial charge on any atom is 0.315 e. The first-order valence-electron chi connectivity index (χ1n) is 24.5. The predicted molar refractivity (Wildman–Crippen MR) is 231 cm³/mol. The molecule has 8 aliphatic rings. The topological polar surface area (TPSA) is 315 Å². The molecule has 0 radical (unpaired) electrons. The second-order valence-electron chi connectivity index (χ2n) is 22.9. The molecule has 19 nitrogen and oxygen atoms in total. The highest BCUT2D eigenvalue weighted by Gasteiger charge is 2.71. The van der Waals surface area contributed by atoms with Crippen molar-refractivity contribution in [3.05, 3.63) is 11.6 Å². The quantitative estimate of drug-likeness (QED) is 0.0971. The Bertz CT molecular complexity index is 1820. The fourth-order valence-corrected chi connectivity index (χ4v) is 15.2. The summed E-state index contributed by atoms with van der Waals surface area (Å²) in [5.74, 6) is -0.386. The Hall–Kier alpha value is -1.47. The summed E-state index contributed by atoms with van der Waals surface area (Å²) in [5, 5.41) is 130. The summed E-state index contributed by atoms with van der Waals surface area (Å²) in [7, 11) is 0. The normalized spacial score (nSPS) is 56.7. The van der Waals surface area contributed by atoms with Gasteiger partial charge in [-0.05, 0) is 104 Å². The van der Waals surface area contributed by atoms with E-state index in [1.165, 1.54) is 12.5 Å². The number of esters is 1. The molecule has 3 heterocycles. The number of rotatable bonds is 9. The minimum absolute atomic E-state index is 0.0112. The number of hydrogen-bond donors (Lipinski definition) is 12. The zero-order valence-electron chi connectivity index (χ0n) is 39.8. The molecule has 0 aromatic rings. The van der Waals surface area contributed by atoms with Crippen LogP contribution >= 0.6 is 0 Å². The molecule has 0 spiro atoms. The molecule has 27 atom stereocenters. The van der Waals surface area contributed by atoms with Crippen molar-refractivity contribution in [3.63, 3.8) is 0 Å². The van der Waals surface area contributed by atoms with Gasteiger partial charge in [-0.2, -0.15) is 0 Å². The van der Waals surface area contributed by atoms with Crippen LogP contribution in [0.15, 0.2) is 11.6 Å². The van der Waals surface area contributed by atoms with Crippen LogP contribution in [0.5, 0.6) is 0 Å². The average Bonchev–Trinajstić information content (AvgIpc) is 3.29. The molecule has 7 fully saturated rings. The van der Waals surface area contributed by atoms with Gasteiger partial charge in [0.15, 0.2) is 12.6 Å². The van der Waals surface area contributed by atoms with Gasteiger partial charge in [0.25, 0.3) is 0 Å². The lowest BCUT2D eigenvalue weighted by molar-refractivity contribution is -0.361. The summed E-state index contributed by atoms with van der Waals surface area (Å²) in [4.78, 5) is 15.0. The van der Waals surface area contributed by atoms with Crippen LogP contribution in [0, 0.1) is 56.7 Å². The Morgan fingerprint density at radius 1 is 0.701 bits per heavy atom. The number of carbonyl (C=O) groups is 1. The molecule has 67 heavy (non-hydrogen) atoms. The van der Waals surface area contributed by atoms with Crippen LogP contribution in [-0.2, 0) is 33.2 Å². The Morgan fingerprint density at radius 2 is 1.34 bits per heavy atom. The first-order chi connectivity index (χ1) is 31.4. The van der Waals surface area contributed by atoms with Gasteiger partial charge in [0.1, 0.15) is 67.1 Å². The van der Waals surface area contributed by atoms with E-state index in [1.54, 1.807) is 0 Å². The highest BCUT2D eigenvalue weighted by atomic mass is 16.8. The van der Waals surface area contributed by atoms with Crippen molar-refractivity contribution in [2.75, 3.05) is 19.8 Å². The molecular weight excluding hydrogens is 881 g/mol. The molecule has 0 bridgehead atoms. The van der Waals surface area contributed by atoms with Gasteiger partial charge in [0.2, 0.25) is 6.29 Å². The molecule has 8 rings (SSSR count). The van der Waals surface area contributed by atoms with E-state index >= 15 is 4.79 Å². The van der Waals surface area contributed by atoms with Crippen LogP contribution in [0.4, 0.5) is 0 Å². The molecule has 384 valence electrons. The maximum atomic E-state index is 15.0. The molecule has 0 aromatic heterocycles. The summed E-state index contributed by atoms with van der Waals surface area (Å²) >= 11 is 0. The third kappa shape index (κ3) is 7.92. The van der Waals surface area contributed by atoms with Crippen LogP contribution in [0.25, 0.3) is 0 Å². The first-order valence-corrected chi connectivity index (χ1v) is 24.5. The van der Waals surface area contributed by atoms with E-state index in [4.69, 9.17) is 28.4 Å². The second kappa shape index (κ2) is 18.5. The van der Waals surface area contributed by atoms with Gasteiger partial charge in [0, 0.05) is 5.41 Å². The van der Waals surface area contributed by atoms with Crippen molar-refractivity contribution < 1.29 is 94.5 Å². The van der Waals surface area contributed by atoms with Crippen LogP contribution < -0.4 is 0 Å². The van der Waals surface area contributed by atoms with Crippen molar-refractivity contribution in [2.24, 2.45) is 56.7 Å². The maximum absolute atomic E-state index is 15.0. The zero-order chi connectivity index (χ0) is 49.1. The van der Waals surface area contributed by atoms with E-state index in [2.05, 4.69) is 40.7 Å². The summed E-state index contributed by atoms with van der Waals surface area (Å²) in [5.41, 5.74) is -1.64. The zero-order valence-corrected chi connectivity index (χ0v) is 39.8. The third-order valence-corrected chi connectivity index (χ3v) is 19.7. The highest BCUT2D eigenvalue weighted by molar-refractivity contribution is 5.79.